The summed E-state index contributed by atoms with van der Waals surface area (Å²) in [7, 11) is 0. The van der Waals surface area contributed by atoms with E-state index in [0.29, 0.717) is 12.2 Å². The zero-order valence-electron chi connectivity index (χ0n) is 10.6. The zero-order valence-corrected chi connectivity index (χ0v) is 10.6. The van der Waals surface area contributed by atoms with Crippen LogP contribution in [0, 0.1) is 10.1 Å². The number of para-hydroxylation sites is 1. The lowest BCUT2D eigenvalue weighted by molar-refractivity contribution is -0.386. The van der Waals surface area contributed by atoms with Crippen LogP contribution in [-0.2, 0) is 9.47 Å². The maximum absolute atomic E-state index is 11.0. The smallest absolute Gasteiger partial charge is 0.275 e. The van der Waals surface area contributed by atoms with Gasteiger partial charge in [0.05, 0.1) is 17.1 Å². The second-order valence-electron chi connectivity index (χ2n) is 4.52. The largest absolute Gasteiger partial charge is 0.345 e. The number of nitrogens with zero attached hydrogens (tertiary/aromatic N) is 1. The first kappa shape index (κ1) is 12.8. The predicted octanol–water partition coefficient (Wildman–Crippen LogP) is 3.38. The van der Waals surface area contributed by atoms with E-state index in [4.69, 9.17) is 9.47 Å². The molecule has 102 valence electrons. The van der Waals surface area contributed by atoms with E-state index < -0.39 is 17.3 Å². The summed E-state index contributed by atoms with van der Waals surface area (Å²) in [6.07, 6.45) is -0.886. The third-order valence-corrected chi connectivity index (χ3v) is 3.24. The standard InChI is InChI=1S/C15H13NO4/c17-16(18)13-9-5-4-8-12(13)14-10-19-15(20-14)11-6-2-1-3-7-11/h1-9,14-15H,10H2. The van der Waals surface area contributed by atoms with E-state index in [1.54, 1.807) is 18.2 Å². The molecule has 1 aliphatic rings. The Labute approximate surface area is 115 Å². The van der Waals surface area contributed by atoms with Crippen LogP contribution >= 0.6 is 0 Å². The summed E-state index contributed by atoms with van der Waals surface area (Å²) in [6, 6.07) is 16.1. The molecule has 0 N–H and O–H groups in total. The predicted molar refractivity (Wildman–Crippen MR) is 72.1 cm³/mol. The molecule has 1 saturated heterocycles. The highest BCUT2D eigenvalue weighted by atomic mass is 16.7. The molecule has 1 aliphatic heterocycles. The van der Waals surface area contributed by atoms with Crippen molar-refractivity contribution in [1.82, 2.24) is 0 Å². The van der Waals surface area contributed by atoms with E-state index >= 15 is 0 Å². The Balaban J connectivity index is 1.83. The molecule has 2 unspecified atom stereocenters. The molecule has 0 saturated carbocycles. The quantitative estimate of drug-likeness (QED) is 0.634. The van der Waals surface area contributed by atoms with E-state index in [-0.39, 0.29) is 5.69 Å². The van der Waals surface area contributed by atoms with Crippen molar-refractivity contribution in [3.8, 4) is 0 Å². The topological polar surface area (TPSA) is 61.6 Å². The summed E-state index contributed by atoms with van der Waals surface area (Å²) < 4.78 is 11.4. The SMILES string of the molecule is O=[N+]([O-])c1ccccc1C1COC(c2ccccc2)O1. The van der Waals surface area contributed by atoms with Crippen molar-refractivity contribution >= 4 is 5.69 Å². The van der Waals surface area contributed by atoms with Gasteiger partial charge in [-0.2, -0.15) is 0 Å². The summed E-state index contributed by atoms with van der Waals surface area (Å²) in [6.45, 7) is 0.310. The summed E-state index contributed by atoms with van der Waals surface area (Å²) in [5.41, 5.74) is 1.53. The number of nitro benzene ring substituents is 1. The summed E-state index contributed by atoms with van der Waals surface area (Å²) in [5.74, 6) is 0. The minimum atomic E-state index is -0.471. The molecule has 0 bridgehead atoms. The molecule has 0 aliphatic carbocycles. The van der Waals surface area contributed by atoms with E-state index in [1.807, 2.05) is 30.3 Å². The first-order chi connectivity index (χ1) is 9.75. The molecule has 5 heteroatoms. The van der Waals surface area contributed by atoms with Crippen LogP contribution in [0.3, 0.4) is 0 Å². The van der Waals surface area contributed by atoms with Crippen LogP contribution in [0.15, 0.2) is 54.6 Å². The summed E-state index contributed by atoms with van der Waals surface area (Å²) in [5, 5.41) is 11.0. The third kappa shape index (κ3) is 2.41. The molecule has 1 fully saturated rings. The van der Waals surface area contributed by atoms with Gasteiger partial charge in [0.2, 0.25) is 0 Å². The van der Waals surface area contributed by atoms with Crippen molar-refractivity contribution in [3.05, 3.63) is 75.8 Å². The molecule has 2 aromatic rings. The highest BCUT2D eigenvalue weighted by Gasteiger charge is 2.32. The Morgan fingerprint density at radius 2 is 1.75 bits per heavy atom. The average molecular weight is 271 g/mol. The van der Waals surface area contributed by atoms with Gasteiger partial charge in [-0.15, -0.1) is 0 Å². The van der Waals surface area contributed by atoms with Gasteiger partial charge in [-0.1, -0.05) is 42.5 Å². The minimum Gasteiger partial charge on any atom is -0.345 e. The highest BCUT2D eigenvalue weighted by Crippen LogP contribution is 2.38. The molecular formula is C15H13NO4. The average Bonchev–Trinajstić information content (AvgIpc) is 2.98. The van der Waals surface area contributed by atoms with Gasteiger partial charge in [-0.05, 0) is 6.07 Å². The first-order valence-electron chi connectivity index (χ1n) is 6.31. The summed E-state index contributed by atoms with van der Waals surface area (Å²) >= 11 is 0. The maximum atomic E-state index is 11.0. The van der Waals surface area contributed by atoms with Gasteiger partial charge < -0.3 is 9.47 Å². The van der Waals surface area contributed by atoms with Crippen molar-refractivity contribution in [3.63, 3.8) is 0 Å². The van der Waals surface area contributed by atoms with Crippen molar-refractivity contribution in [1.29, 1.82) is 0 Å². The van der Waals surface area contributed by atoms with Gasteiger partial charge in [0.1, 0.15) is 6.10 Å². The van der Waals surface area contributed by atoms with E-state index in [1.165, 1.54) is 6.07 Å². The Kier molecular flexibility index (Phi) is 3.45. The molecule has 20 heavy (non-hydrogen) atoms. The Morgan fingerprint density at radius 1 is 1.05 bits per heavy atom. The normalized spacial score (nSPS) is 21.8. The zero-order chi connectivity index (χ0) is 13.9. The van der Waals surface area contributed by atoms with E-state index in [2.05, 4.69) is 0 Å². The first-order valence-corrected chi connectivity index (χ1v) is 6.31. The Hall–Kier alpha value is -2.24. The van der Waals surface area contributed by atoms with E-state index in [9.17, 15) is 10.1 Å². The van der Waals surface area contributed by atoms with Gasteiger partial charge in [0.15, 0.2) is 6.29 Å². The Bertz CT molecular complexity index is 614. The minimum absolute atomic E-state index is 0.0646. The van der Waals surface area contributed by atoms with Gasteiger partial charge >= 0.3 is 0 Å². The van der Waals surface area contributed by atoms with Crippen molar-refractivity contribution in [2.75, 3.05) is 6.61 Å². The van der Waals surface area contributed by atoms with Crippen LogP contribution in [-0.4, -0.2) is 11.5 Å². The second kappa shape index (κ2) is 5.40. The third-order valence-electron chi connectivity index (χ3n) is 3.24. The second-order valence-corrected chi connectivity index (χ2v) is 4.52. The van der Waals surface area contributed by atoms with Gasteiger partial charge in [0, 0.05) is 11.6 Å². The molecule has 1 heterocycles. The molecule has 0 radical (unpaired) electrons. The Morgan fingerprint density at radius 3 is 2.50 bits per heavy atom. The molecule has 0 amide bonds. The van der Waals surface area contributed by atoms with Gasteiger partial charge in [-0.3, -0.25) is 10.1 Å². The number of ether oxygens (including phenoxy) is 2. The molecule has 2 atom stereocenters. The number of hydrogen-bond donors (Lipinski definition) is 0. The van der Waals surface area contributed by atoms with Crippen molar-refractivity contribution in [2.24, 2.45) is 0 Å². The van der Waals surface area contributed by atoms with Gasteiger partial charge in [0.25, 0.3) is 5.69 Å². The van der Waals surface area contributed by atoms with Crippen LogP contribution in [0.1, 0.15) is 23.5 Å². The number of hydrogen-bond acceptors (Lipinski definition) is 4. The molecule has 0 spiro atoms. The number of benzene rings is 2. The lowest BCUT2D eigenvalue weighted by atomic mass is 10.1. The fraction of sp³-hybridized carbons (Fsp3) is 0.200. The van der Waals surface area contributed by atoms with Gasteiger partial charge in [-0.25, -0.2) is 0 Å². The van der Waals surface area contributed by atoms with E-state index in [0.717, 1.165) is 5.56 Å². The molecule has 3 rings (SSSR count). The lowest BCUT2D eigenvalue weighted by Crippen LogP contribution is -2.04. The van der Waals surface area contributed by atoms with Crippen LogP contribution in [0.25, 0.3) is 0 Å². The van der Waals surface area contributed by atoms with Crippen LogP contribution in [0.5, 0.6) is 0 Å². The summed E-state index contributed by atoms with van der Waals surface area (Å²) in [4.78, 5) is 10.6. The fourth-order valence-corrected chi connectivity index (χ4v) is 2.28. The molecular weight excluding hydrogens is 258 g/mol. The molecule has 2 aromatic carbocycles. The molecule has 0 aromatic heterocycles. The maximum Gasteiger partial charge on any atom is 0.275 e. The lowest BCUT2D eigenvalue weighted by Gasteiger charge is -2.12. The number of nitro groups is 1. The van der Waals surface area contributed by atoms with Crippen LogP contribution in [0.2, 0.25) is 0 Å². The highest BCUT2D eigenvalue weighted by molar-refractivity contribution is 5.41. The monoisotopic (exact) mass is 271 g/mol. The van der Waals surface area contributed by atoms with Crippen molar-refractivity contribution < 1.29 is 14.4 Å². The molecule has 5 nitrogen and oxygen atoms in total. The van der Waals surface area contributed by atoms with Crippen LogP contribution < -0.4 is 0 Å². The van der Waals surface area contributed by atoms with Crippen LogP contribution in [0.4, 0.5) is 5.69 Å². The van der Waals surface area contributed by atoms with Crippen molar-refractivity contribution in [2.45, 2.75) is 12.4 Å². The number of rotatable bonds is 3. The fourth-order valence-electron chi connectivity index (χ4n) is 2.28.